The van der Waals surface area contributed by atoms with E-state index in [1.165, 1.54) is 0 Å². The number of rotatable bonds is 0. The Morgan fingerprint density at radius 3 is 1.00 bits per heavy atom. The van der Waals surface area contributed by atoms with Crippen molar-refractivity contribution in [3.63, 3.8) is 0 Å². The maximum absolute atomic E-state index is 2.36. The monoisotopic (exact) mass is 173 g/mol. The normalized spacial score (nSPS) is 7.20. The van der Waals surface area contributed by atoms with Crippen LogP contribution in [-0.4, -0.2) is 38.6 Å². The van der Waals surface area contributed by atoms with Gasteiger partial charge in [-0.05, 0) is 0 Å². The van der Waals surface area contributed by atoms with Crippen molar-refractivity contribution in [2.75, 3.05) is 0 Å². The molecule has 0 amide bonds. The van der Waals surface area contributed by atoms with Gasteiger partial charge >= 0.3 is 53.4 Å². The third kappa shape index (κ3) is 31.9. The van der Waals surface area contributed by atoms with E-state index in [-0.39, 0.29) is 18.9 Å². The fraction of sp³-hybridized carbons (Fsp3) is 1.00. The Morgan fingerprint density at radius 1 is 1.00 bits per heavy atom. The molecular weight excluding hydrogens is 162 g/mol. The van der Waals surface area contributed by atoms with Crippen LogP contribution in [0.2, 0.25) is 14.8 Å². The molecule has 0 unspecified atom stereocenters. The molecule has 1 radical (unpaired) electrons. The molecule has 0 aromatic heterocycles. The molecule has 5 heavy (non-hydrogen) atoms. The summed E-state index contributed by atoms with van der Waals surface area (Å²) in [5.41, 5.74) is 0. The van der Waals surface area contributed by atoms with Crippen LogP contribution in [0.1, 0.15) is 0 Å². The molecular formula is C3H10LiSn. The van der Waals surface area contributed by atoms with Crippen molar-refractivity contribution in [1.29, 1.82) is 0 Å². The average Bonchev–Trinajstić information content (AvgIpc) is 0.811. The van der Waals surface area contributed by atoms with Gasteiger partial charge in [0.15, 0.2) is 0 Å². The zero-order valence-corrected chi connectivity index (χ0v) is 6.35. The molecule has 0 aliphatic heterocycles. The standard InChI is InChI=1S/3CH3.Li.Sn.H/h3*1H3;;;. The van der Waals surface area contributed by atoms with Crippen LogP contribution in [0.3, 0.4) is 0 Å². The quantitative estimate of drug-likeness (QED) is 0.472. The summed E-state index contributed by atoms with van der Waals surface area (Å²) in [6, 6.07) is 0. The molecule has 0 aromatic carbocycles. The van der Waals surface area contributed by atoms with Crippen LogP contribution >= 0.6 is 0 Å². The molecule has 2 heteroatoms. The van der Waals surface area contributed by atoms with Gasteiger partial charge < -0.3 is 0 Å². The molecule has 0 aromatic rings. The Balaban J connectivity index is 0. The maximum atomic E-state index is 2.36. The van der Waals surface area contributed by atoms with E-state index < -0.39 is 19.8 Å². The first-order chi connectivity index (χ1) is 1.73. The molecule has 0 aliphatic rings. The Labute approximate surface area is 53.2 Å². The van der Waals surface area contributed by atoms with Crippen LogP contribution in [0.25, 0.3) is 0 Å². The van der Waals surface area contributed by atoms with Gasteiger partial charge in [0.05, 0.1) is 0 Å². The van der Waals surface area contributed by atoms with Gasteiger partial charge in [-0.1, -0.05) is 0 Å². The van der Waals surface area contributed by atoms with Crippen LogP contribution < -0.4 is 0 Å². The van der Waals surface area contributed by atoms with E-state index in [0.29, 0.717) is 0 Å². The number of hydrogen-bond donors (Lipinski definition) is 0. The summed E-state index contributed by atoms with van der Waals surface area (Å²) in [6.45, 7) is 0. The summed E-state index contributed by atoms with van der Waals surface area (Å²) < 4.78 is 0. The van der Waals surface area contributed by atoms with Crippen molar-refractivity contribution in [2.24, 2.45) is 0 Å². The van der Waals surface area contributed by atoms with E-state index in [9.17, 15) is 0 Å². The summed E-state index contributed by atoms with van der Waals surface area (Å²) >= 11 is -0.543. The third-order valence-electron chi connectivity index (χ3n) is 0. The Hall–Kier alpha value is 1.40. The van der Waals surface area contributed by atoms with Gasteiger partial charge in [0, 0.05) is 0 Å². The molecule has 0 saturated carbocycles. The molecule has 0 saturated heterocycles. The van der Waals surface area contributed by atoms with Crippen molar-refractivity contribution in [3.8, 4) is 0 Å². The van der Waals surface area contributed by atoms with E-state index in [2.05, 4.69) is 14.8 Å². The van der Waals surface area contributed by atoms with Crippen molar-refractivity contribution in [2.45, 2.75) is 14.8 Å². The van der Waals surface area contributed by atoms with Gasteiger partial charge in [-0.15, -0.1) is 0 Å². The van der Waals surface area contributed by atoms with Gasteiger partial charge in [0.2, 0.25) is 0 Å². The van der Waals surface area contributed by atoms with Gasteiger partial charge in [-0.3, -0.25) is 0 Å². The van der Waals surface area contributed by atoms with Crippen molar-refractivity contribution in [1.82, 2.24) is 0 Å². The summed E-state index contributed by atoms with van der Waals surface area (Å²) in [4.78, 5) is 7.09. The molecule has 0 rings (SSSR count). The topological polar surface area (TPSA) is 0 Å². The second-order valence-electron chi connectivity index (χ2n) is 1.50. The predicted molar refractivity (Wildman–Crippen MR) is 30.5 cm³/mol. The van der Waals surface area contributed by atoms with E-state index in [1.807, 2.05) is 0 Å². The van der Waals surface area contributed by atoms with Crippen LogP contribution in [0.4, 0.5) is 0 Å². The molecule has 0 fully saturated rings. The summed E-state index contributed by atoms with van der Waals surface area (Å²) in [6.07, 6.45) is 0. The SMILES string of the molecule is [CH3][Sn]([CH3])[CH3].[LiH]. The van der Waals surface area contributed by atoms with E-state index in [4.69, 9.17) is 0 Å². The van der Waals surface area contributed by atoms with Gasteiger partial charge in [0.25, 0.3) is 0 Å². The molecule has 0 atom stereocenters. The van der Waals surface area contributed by atoms with E-state index in [0.717, 1.165) is 0 Å². The van der Waals surface area contributed by atoms with E-state index >= 15 is 0 Å². The average molecular weight is 172 g/mol. The molecule has 0 bridgehead atoms. The first kappa shape index (κ1) is 9.64. The predicted octanol–water partition coefficient (Wildman–Crippen LogP) is 0.722. The minimum atomic E-state index is -0.543. The minimum absolute atomic E-state index is 0. The summed E-state index contributed by atoms with van der Waals surface area (Å²) in [5, 5.41) is 0. The Morgan fingerprint density at radius 2 is 1.00 bits per heavy atom. The fourth-order valence-electron chi connectivity index (χ4n) is 0. The number of hydrogen-bond acceptors (Lipinski definition) is 0. The van der Waals surface area contributed by atoms with Crippen molar-refractivity contribution in [3.05, 3.63) is 0 Å². The second kappa shape index (κ2) is 5.40. The Bertz CT molecular complexity index is 11.6. The zero-order valence-electron chi connectivity index (χ0n) is 3.50. The molecule has 0 heterocycles. The van der Waals surface area contributed by atoms with Gasteiger partial charge in [0.1, 0.15) is 0 Å². The first-order valence-electron chi connectivity index (χ1n) is 1.50. The van der Waals surface area contributed by atoms with Crippen LogP contribution in [0, 0.1) is 0 Å². The molecule has 0 N–H and O–H groups in total. The van der Waals surface area contributed by atoms with E-state index in [1.54, 1.807) is 0 Å². The van der Waals surface area contributed by atoms with Crippen molar-refractivity contribution < 1.29 is 0 Å². The third-order valence-corrected chi connectivity index (χ3v) is 0. The van der Waals surface area contributed by atoms with Gasteiger partial charge in [-0.25, -0.2) is 0 Å². The van der Waals surface area contributed by atoms with Crippen molar-refractivity contribution >= 4 is 38.6 Å². The molecule has 0 aliphatic carbocycles. The van der Waals surface area contributed by atoms with Crippen LogP contribution in [0.5, 0.6) is 0 Å². The molecule has 27 valence electrons. The summed E-state index contributed by atoms with van der Waals surface area (Å²) in [7, 11) is 0. The zero-order chi connectivity index (χ0) is 3.58. The second-order valence-corrected chi connectivity index (χ2v) is 10.1. The molecule has 0 spiro atoms. The van der Waals surface area contributed by atoms with Gasteiger partial charge in [-0.2, -0.15) is 0 Å². The Kier molecular flexibility index (Phi) is 10.4. The van der Waals surface area contributed by atoms with Crippen LogP contribution in [0.15, 0.2) is 0 Å². The van der Waals surface area contributed by atoms with Crippen LogP contribution in [-0.2, 0) is 0 Å². The first-order valence-corrected chi connectivity index (χ1v) is 10.1. The fourth-order valence-corrected chi connectivity index (χ4v) is 0. The summed E-state index contributed by atoms with van der Waals surface area (Å²) in [5.74, 6) is 0. The molecule has 0 nitrogen and oxygen atoms in total.